The highest BCUT2D eigenvalue weighted by molar-refractivity contribution is 7.15. The molecule has 0 amide bonds. The summed E-state index contributed by atoms with van der Waals surface area (Å²) in [5, 5.41) is 8.07. The lowest BCUT2D eigenvalue weighted by Gasteiger charge is -2.20. The third kappa shape index (κ3) is 2.99. The average molecular weight is 327 g/mol. The van der Waals surface area contributed by atoms with Gasteiger partial charge in [0.25, 0.3) is 0 Å². The van der Waals surface area contributed by atoms with Crippen LogP contribution in [-0.2, 0) is 18.3 Å². The van der Waals surface area contributed by atoms with Crippen molar-refractivity contribution in [3.8, 4) is 0 Å². The molecule has 2 aromatic rings. The molecule has 3 rings (SSSR count). The molecule has 114 valence electrons. The average Bonchev–Trinajstić information content (AvgIpc) is 3.10. The van der Waals surface area contributed by atoms with Gasteiger partial charge in [-0.05, 0) is 20.3 Å². The molecule has 21 heavy (non-hydrogen) atoms. The summed E-state index contributed by atoms with van der Waals surface area (Å²) in [6.45, 7) is 5.69. The van der Waals surface area contributed by atoms with Gasteiger partial charge >= 0.3 is 0 Å². The minimum Gasteiger partial charge on any atom is -0.372 e. The van der Waals surface area contributed by atoms with Crippen LogP contribution in [0.15, 0.2) is 6.20 Å². The fourth-order valence-electron chi connectivity index (χ4n) is 2.88. The number of nitrogens with zero attached hydrogens (tertiary/aromatic N) is 3. The van der Waals surface area contributed by atoms with E-state index in [-0.39, 0.29) is 6.10 Å². The topological polar surface area (TPSA) is 52.0 Å². The first kappa shape index (κ1) is 15.0. The maximum absolute atomic E-state index is 5.97. The zero-order chi connectivity index (χ0) is 15.0. The number of aromatic nitrogens is 3. The highest BCUT2D eigenvalue weighted by Gasteiger charge is 2.33. The first-order chi connectivity index (χ1) is 10.1. The Balaban J connectivity index is 1.73. The third-order valence-electron chi connectivity index (χ3n) is 4.01. The Kier molecular flexibility index (Phi) is 4.31. The van der Waals surface area contributed by atoms with E-state index in [0.29, 0.717) is 10.5 Å². The van der Waals surface area contributed by atoms with Gasteiger partial charge in [-0.1, -0.05) is 11.6 Å². The van der Waals surface area contributed by atoms with Gasteiger partial charge in [-0.2, -0.15) is 5.10 Å². The van der Waals surface area contributed by atoms with E-state index in [0.717, 1.165) is 30.1 Å². The molecule has 0 bridgehead atoms. The molecule has 0 aliphatic carbocycles. The molecular weight excluding hydrogens is 308 g/mol. The Bertz CT molecular complexity index is 639. The van der Waals surface area contributed by atoms with E-state index in [9.17, 15) is 0 Å². The lowest BCUT2D eigenvalue weighted by Crippen LogP contribution is -2.31. The normalized spacial score (nSPS) is 22.1. The van der Waals surface area contributed by atoms with Crippen molar-refractivity contribution in [3.63, 3.8) is 0 Å². The number of hydrogen-bond donors (Lipinski definition) is 1. The molecule has 1 aliphatic heterocycles. The predicted octanol–water partition coefficient (Wildman–Crippen LogP) is 2.77. The van der Waals surface area contributed by atoms with Crippen molar-refractivity contribution in [3.05, 3.63) is 32.5 Å². The summed E-state index contributed by atoms with van der Waals surface area (Å²) in [5.74, 6) is 0. The fraction of sp³-hybridized carbons (Fsp3) is 0.571. The number of rotatable bonds is 4. The van der Waals surface area contributed by atoms with E-state index in [1.165, 1.54) is 22.6 Å². The van der Waals surface area contributed by atoms with Gasteiger partial charge in [-0.3, -0.25) is 4.68 Å². The molecule has 0 spiro atoms. The molecule has 2 atom stereocenters. The number of nitrogens with one attached hydrogen (secondary N) is 1. The van der Waals surface area contributed by atoms with E-state index < -0.39 is 0 Å². The van der Waals surface area contributed by atoms with Crippen LogP contribution in [0.2, 0.25) is 4.47 Å². The molecule has 0 aromatic carbocycles. The Morgan fingerprint density at radius 1 is 1.52 bits per heavy atom. The quantitative estimate of drug-likeness (QED) is 0.938. The van der Waals surface area contributed by atoms with Gasteiger partial charge < -0.3 is 10.1 Å². The summed E-state index contributed by atoms with van der Waals surface area (Å²) >= 11 is 7.38. The SMILES string of the molecule is Cc1nn(C)c(C)c1[C@H]1OCC[C@@H]1NCc1cnc(Cl)s1. The second-order valence-corrected chi connectivity index (χ2v) is 7.05. The van der Waals surface area contributed by atoms with Crippen molar-refractivity contribution in [1.82, 2.24) is 20.1 Å². The van der Waals surface area contributed by atoms with E-state index >= 15 is 0 Å². The molecule has 1 aliphatic rings. The molecule has 7 heteroatoms. The highest BCUT2D eigenvalue weighted by atomic mass is 35.5. The molecule has 1 N–H and O–H groups in total. The largest absolute Gasteiger partial charge is 0.372 e. The summed E-state index contributed by atoms with van der Waals surface area (Å²) in [5.41, 5.74) is 3.44. The maximum Gasteiger partial charge on any atom is 0.183 e. The zero-order valence-corrected chi connectivity index (χ0v) is 14.0. The number of aryl methyl sites for hydroxylation is 2. The lowest BCUT2D eigenvalue weighted by atomic mass is 10.0. The standard InChI is InChI=1S/C14H19ClN4OS/c1-8-12(9(2)19(3)18-8)13-11(4-5-20-13)16-6-10-7-17-14(15)21-10/h7,11,13,16H,4-6H2,1-3H3/t11-,13-/m0/s1. The molecule has 0 saturated carbocycles. The second kappa shape index (κ2) is 6.04. The summed E-state index contributed by atoms with van der Waals surface area (Å²) in [7, 11) is 1.97. The Hall–Kier alpha value is -0.950. The Labute approximate surface area is 133 Å². The van der Waals surface area contributed by atoms with Crippen LogP contribution in [0, 0.1) is 13.8 Å². The van der Waals surface area contributed by atoms with Gasteiger partial charge in [-0.15, -0.1) is 11.3 Å². The molecule has 0 radical (unpaired) electrons. The fourth-order valence-corrected chi connectivity index (χ4v) is 3.81. The van der Waals surface area contributed by atoms with Crippen molar-refractivity contribution in [2.45, 2.75) is 39.0 Å². The first-order valence-electron chi connectivity index (χ1n) is 7.01. The summed E-state index contributed by atoms with van der Waals surface area (Å²) in [6.07, 6.45) is 2.90. The maximum atomic E-state index is 5.97. The van der Waals surface area contributed by atoms with Crippen molar-refractivity contribution >= 4 is 22.9 Å². The third-order valence-corrected chi connectivity index (χ3v) is 5.12. The number of hydrogen-bond acceptors (Lipinski definition) is 5. The highest BCUT2D eigenvalue weighted by Crippen LogP contribution is 2.33. The molecule has 5 nitrogen and oxygen atoms in total. The summed E-state index contributed by atoms with van der Waals surface area (Å²) < 4.78 is 8.48. The molecular formula is C14H19ClN4OS. The van der Waals surface area contributed by atoms with Crippen molar-refractivity contribution in [2.75, 3.05) is 6.61 Å². The predicted molar refractivity (Wildman–Crippen MR) is 83.7 cm³/mol. The van der Waals surface area contributed by atoms with Crippen LogP contribution >= 0.6 is 22.9 Å². The number of halogens is 1. The minimum atomic E-state index is 0.0714. The van der Waals surface area contributed by atoms with Crippen LogP contribution in [0.3, 0.4) is 0 Å². The molecule has 1 fully saturated rings. The van der Waals surface area contributed by atoms with Gasteiger partial charge in [-0.25, -0.2) is 4.98 Å². The van der Waals surface area contributed by atoms with Crippen LogP contribution in [0.25, 0.3) is 0 Å². The monoisotopic (exact) mass is 326 g/mol. The smallest absolute Gasteiger partial charge is 0.183 e. The van der Waals surface area contributed by atoms with Crippen molar-refractivity contribution in [2.24, 2.45) is 7.05 Å². The molecule has 0 unspecified atom stereocenters. The van der Waals surface area contributed by atoms with Crippen LogP contribution in [-0.4, -0.2) is 27.4 Å². The van der Waals surface area contributed by atoms with Gasteiger partial charge in [0.1, 0.15) is 6.10 Å². The zero-order valence-electron chi connectivity index (χ0n) is 12.4. The van der Waals surface area contributed by atoms with Gasteiger partial charge in [0.2, 0.25) is 0 Å². The van der Waals surface area contributed by atoms with Gasteiger partial charge in [0, 0.05) is 48.6 Å². The molecule has 2 aromatic heterocycles. The number of thiazole rings is 1. The van der Waals surface area contributed by atoms with E-state index in [1.807, 2.05) is 24.9 Å². The Morgan fingerprint density at radius 3 is 2.95 bits per heavy atom. The molecule has 1 saturated heterocycles. The van der Waals surface area contributed by atoms with Gasteiger partial charge in [0.15, 0.2) is 4.47 Å². The van der Waals surface area contributed by atoms with E-state index in [2.05, 4.69) is 22.3 Å². The van der Waals surface area contributed by atoms with E-state index in [1.54, 1.807) is 0 Å². The van der Waals surface area contributed by atoms with Crippen LogP contribution in [0.5, 0.6) is 0 Å². The Morgan fingerprint density at radius 2 is 2.33 bits per heavy atom. The lowest BCUT2D eigenvalue weighted by molar-refractivity contribution is 0.0974. The van der Waals surface area contributed by atoms with Crippen LogP contribution in [0.4, 0.5) is 0 Å². The van der Waals surface area contributed by atoms with Crippen molar-refractivity contribution < 1.29 is 4.74 Å². The van der Waals surface area contributed by atoms with E-state index in [4.69, 9.17) is 16.3 Å². The first-order valence-corrected chi connectivity index (χ1v) is 8.21. The number of ether oxygens (including phenoxy) is 1. The minimum absolute atomic E-state index is 0.0714. The van der Waals surface area contributed by atoms with Crippen molar-refractivity contribution in [1.29, 1.82) is 0 Å². The summed E-state index contributed by atoms with van der Waals surface area (Å²) in [4.78, 5) is 5.21. The molecule has 3 heterocycles. The second-order valence-electron chi connectivity index (χ2n) is 5.36. The van der Waals surface area contributed by atoms with Crippen LogP contribution in [0.1, 0.15) is 34.4 Å². The van der Waals surface area contributed by atoms with Gasteiger partial charge in [0.05, 0.1) is 5.69 Å². The summed E-state index contributed by atoms with van der Waals surface area (Å²) in [6, 6.07) is 0.299. The van der Waals surface area contributed by atoms with Crippen LogP contribution < -0.4 is 5.32 Å².